The molecule has 0 fully saturated rings. The van der Waals surface area contributed by atoms with Gasteiger partial charge in [-0.3, -0.25) is 0 Å². The molecule has 0 saturated carbocycles. The molecular formula is C21H17N. The van der Waals surface area contributed by atoms with Crippen LogP contribution in [-0.2, 0) is 0 Å². The summed E-state index contributed by atoms with van der Waals surface area (Å²) in [6, 6.07) is 26.6. The highest BCUT2D eigenvalue weighted by Gasteiger charge is 1.94. The van der Waals surface area contributed by atoms with Gasteiger partial charge in [0, 0.05) is 22.5 Å². The van der Waals surface area contributed by atoms with E-state index in [4.69, 9.17) is 0 Å². The van der Waals surface area contributed by atoms with Crippen LogP contribution in [0.15, 0.2) is 78.9 Å². The second-order valence-corrected chi connectivity index (χ2v) is 5.18. The van der Waals surface area contributed by atoms with Gasteiger partial charge in [0.2, 0.25) is 0 Å². The van der Waals surface area contributed by atoms with Gasteiger partial charge in [0.15, 0.2) is 0 Å². The molecule has 0 aliphatic carbocycles. The van der Waals surface area contributed by atoms with Crippen molar-refractivity contribution in [3.63, 3.8) is 0 Å². The quantitative estimate of drug-likeness (QED) is 0.642. The highest BCUT2D eigenvalue weighted by atomic mass is 14.9. The maximum absolute atomic E-state index is 3.38. The first-order valence-corrected chi connectivity index (χ1v) is 7.30. The number of anilines is 2. The molecule has 0 amide bonds. The van der Waals surface area contributed by atoms with Crippen LogP contribution in [-0.4, -0.2) is 0 Å². The molecule has 0 heterocycles. The average molecular weight is 283 g/mol. The predicted molar refractivity (Wildman–Crippen MR) is 93.3 cm³/mol. The lowest BCUT2D eigenvalue weighted by Gasteiger charge is -2.06. The minimum atomic E-state index is 1.01. The lowest BCUT2D eigenvalue weighted by Crippen LogP contribution is -1.90. The molecule has 0 saturated heterocycles. The Hall–Kier alpha value is -2.98. The predicted octanol–water partition coefficient (Wildman–Crippen LogP) is 5.14. The first-order chi connectivity index (χ1) is 10.8. The largest absolute Gasteiger partial charge is 0.356 e. The van der Waals surface area contributed by atoms with E-state index >= 15 is 0 Å². The smallest absolute Gasteiger partial charge is 0.0385 e. The van der Waals surface area contributed by atoms with Gasteiger partial charge in [-0.1, -0.05) is 47.7 Å². The maximum Gasteiger partial charge on any atom is 0.0385 e. The van der Waals surface area contributed by atoms with Crippen molar-refractivity contribution in [3.8, 4) is 11.8 Å². The molecule has 0 unspecified atom stereocenters. The minimum Gasteiger partial charge on any atom is -0.356 e. The zero-order valence-electron chi connectivity index (χ0n) is 12.5. The number of hydrogen-bond donors (Lipinski definition) is 1. The molecule has 0 aliphatic heterocycles. The second kappa shape index (κ2) is 6.65. The monoisotopic (exact) mass is 283 g/mol. The van der Waals surface area contributed by atoms with Gasteiger partial charge in [-0.05, 0) is 55.5 Å². The minimum absolute atomic E-state index is 1.01. The zero-order valence-corrected chi connectivity index (χ0v) is 12.5. The highest BCUT2D eigenvalue weighted by molar-refractivity contribution is 5.61. The molecule has 1 N–H and O–H groups in total. The molecule has 0 aliphatic rings. The summed E-state index contributed by atoms with van der Waals surface area (Å²) in [5.41, 5.74) is 5.46. The Morgan fingerprint density at radius 2 is 1.09 bits per heavy atom. The van der Waals surface area contributed by atoms with E-state index < -0.39 is 0 Å². The number of rotatable bonds is 2. The fourth-order valence-electron chi connectivity index (χ4n) is 2.11. The molecule has 22 heavy (non-hydrogen) atoms. The first-order valence-electron chi connectivity index (χ1n) is 7.30. The lowest BCUT2D eigenvalue weighted by molar-refractivity contribution is 1.45. The summed E-state index contributed by atoms with van der Waals surface area (Å²) in [4.78, 5) is 0. The molecule has 3 aromatic carbocycles. The Morgan fingerprint density at radius 3 is 1.68 bits per heavy atom. The summed E-state index contributed by atoms with van der Waals surface area (Å²) in [6.07, 6.45) is 0. The van der Waals surface area contributed by atoms with Crippen molar-refractivity contribution >= 4 is 11.4 Å². The van der Waals surface area contributed by atoms with E-state index in [9.17, 15) is 0 Å². The molecule has 1 heteroatoms. The van der Waals surface area contributed by atoms with E-state index in [1.54, 1.807) is 0 Å². The molecule has 3 rings (SSSR count). The zero-order chi connectivity index (χ0) is 15.2. The van der Waals surface area contributed by atoms with Crippen molar-refractivity contribution in [2.75, 3.05) is 5.32 Å². The van der Waals surface area contributed by atoms with Crippen LogP contribution in [0.25, 0.3) is 0 Å². The fraction of sp³-hybridized carbons (Fsp3) is 0.0476. The van der Waals surface area contributed by atoms with E-state index in [0.717, 1.165) is 22.5 Å². The standard InChI is InChI=1S/C21H17N/c1-17-7-13-20(14-8-17)22-21-15-11-19(12-16-21)10-9-18-5-3-2-4-6-18/h2-8,11-16,22H,1H3. The number of nitrogens with one attached hydrogen (secondary N) is 1. The van der Waals surface area contributed by atoms with Gasteiger partial charge >= 0.3 is 0 Å². The van der Waals surface area contributed by atoms with Gasteiger partial charge < -0.3 is 5.32 Å². The molecule has 1 nitrogen and oxygen atoms in total. The second-order valence-electron chi connectivity index (χ2n) is 5.18. The molecule has 3 aromatic rings. The van der Waals surface area contributed by atoms with Crippen LogP contribution in [0.3, 0.4) is 0 Å². The summed E-state index contributed by atoms with van der Waals surface area (Å²) in [7, 11) is 0. The Balaban J connectivity index is 1.70. The van der Waals surface area contributed by atoms with Crippen molar-refractivity contribution in [3.05, 3.63) is 95.6 Å². The molecular weight excluding hydrogens is 266 g/mol. The number of hydrogen-bond acceptors (Lipinski definition) is 1. The van der Waals surface area contributed by atoms with Gasteiger partial charge in [-0.25, -0.2) is 0 Å². The van der Waals surface area contributed by atoms with Gasteiger partial charge in [-0.15, -0.1) is 0 Å². The summed E-state index contributed by atoms with van der Waals surface area (Å²) < 4.78 is 0. The van der Waals surface area contributed by atoms with Gasteiger partial charge in [0.1, 0.15) is 0 Å². The number of aryl methyl sites for hydroxylation is 1. The van der Waals surface area contributed by atoms with E-state index in [1.165, 1.54) is 5.56 Å². The van der Waals surface area contributed by atoms with Crippen LogP contribution in [0.1, 0.15) is 16.7 Å². The van der Waals surface area contributed by atoms with Gasteiger partial charge in [0.25, 0.3) is 0 Å². The van der Waals surface area contributed by atoms with E-state index in [-0.39, 0.29) is 0 Å². The van der Waals surface area contributed by atoms with Crippen LogP contribution in [0.5, 0.6) is 0 Å². The normalized spacial score (nSPS) is 9.68. The molecule has 106 valence electrons. The maximum atomic E-state index is 3.38. The third kappa shape index (κ3) is 3.77. The molecule has 0 spiro atoms. The van der Waals surface area contributed by atoms with Crippen molar-refractivity contribution in [2.45, 2.75) is 6.92 Å². The summed E-state index contributed by atoms with van der Waals surface area (Å²) in [6.45, 7) is 2.09. The van der Waals surface area contributed by atoms with Crippen LogP contribution in [0.4, 0.5) is 11.4 Å². The van der Waals surface area contributed by atoms with Crippen molar-refractivity contribution < 1.29 is 0 Å². The average Bonchev–Trinajstić information content (AvgIpc) is 2.57. The third-order valence-corrected chi connectivity index (χ3v) is 3.35. The van der Waals surface area contributed by atoms with Crippen molar-refractivity contribution in [1.29, 1.82) is 0 Å². The van der Waals surface area contributed by atoms with E-state index in [0.29, 0.717) is 0 Å². The Bertz CT molecular complexity index is 789. The Morgan fingerprint density at radius 1 is 0.591 bits per heavy atom. The third-order valence-electron chi connectivity index (χ3n) is 3.35. The van der Waals surface area contributed by atoms with E-state index in [2.05, 4.69) is 60.5 Å². The van der Waals surface area contributed by atoms with E-state index in [1.807, 2.05) is 42.5 Å². The molecule has 0 bridgehead atoms. The van der Waals surface area contributed by atoms with Crippen molar-refractivity contribution in [1.82, 2.24) is 0 Å². The topological polar surface area (TPSA) is 12.0 Å². The molecule has 0 atom stereocenters. The van der Waals surface area contributed by atoms with Crippen LogP contribution < -0.4 is 5.32 Å². The SMILES string of the molecule is Cc1ccc(Nc2ccc(C#Cc3ccccc3)cc2)cc1. The Kier molecular flexibility index (Phi) is 4.22. The Labute approximate surface area is 131 Å². The van der Waals surface area contributed by atoms with Gasteiger partial charge in [-0.2, -0.15) is 0 Å². The lowest BCUT2D eigenvalue weighted by atomic mass is 10.1. The molecule has 0 radical (unpaired) electrons. The summed E-state index contributed by atoms with van der Waals surface area (Å²) in [5.74, 6) is 6.35. The highest BCUT2D eigenvalue weighted by Crippen LogP contribution is 2.17. The summed E-state index contributed by atoms with van der Waals surface area (Å²) in [5, 5.41) is 3.38. The van der Waals surface area contributed by atoms with Crippen molar-refractivity contribution in [2.24, 2.45) is 0 Å². The fourth-order valence-corrected chi connectivity index (χ4v) is 2.11. The van der Waals surface area contributed by atoms with Crippen LogP contribution in [0.2, 0.25) is 0 Å². The summed E-state index contributed by atoms with van der Waals surface area (Å²) >= 11 is 0. The first kappa shape index (κ1) is 14.0. The number of benzene rings is 3. The van der Waals surface area contributed by atoms with Crippen LogP contribution >= 0.6 is 0 Å². The van der Waals surface area contributed by atoms with Crippen LogP contribution in [0, 0.1) is 18.8 Å². The van der Waals surface area contributed by atoms with Gasteiger partial charge in [0.05, 0.1) is 0 Å². The molecule has 0 aromatic heterocycles.